The van der Waals surface area contributed by atoms with Gasteiger partial charge in [0.1, 0.15) is 0 Å². The highest BCUT2D eigenvalue weighted by atomic mass is 32.2. The maximum Gasteiger partial charge on any atom is 0.225 e. The zero-order valence-electron chi connectivity index (χ0n) is 13.5. The Morgan fingerprint density at radius 1 is 0.913 bits per heavy atom. The van der Waals surface area contributed by atoms with E-state index in [1.807, 2.05) is 4.90 Å². The van der Waals surface area contributed by atoms with E-state index in [2.05, 4.69) is 5.32 Å². The second kappa shape index (κ2) is 6.79. The fraction of sp³-hybridized carbons (Fsp3) is 0.875. The number of nitrogens with one attached hydrogen (secondary N) is 1. The molecule has 0 aromatic heterocycles. The first-order valence-electron chi connectivity index (χ1n) is 8.74. The zero-order valence-corrected chi connectivity index (χ0v) is 14.3. The van der Waals surface area contributed by atoms with Gasteiger partial charge in [0.25, 0.3) is 0 Å². The van der Waals surface area contributed by atoms with Crippen molar-refractivity contribution in [2.45, 2.75) is 51.0 Å². The Balaban J connectivity index is 1.45. The number of likely N-dealkylation sites (tertiary alicyclic amines) is 1. The van der Waals surface area contributed by atoms with E-state index in [1.165, 1.54) is 0 Å². The Bertz CT molecular complexity index is 561. The van der Waals surface area contributed by atoms with E-state index in [-0.39, 0.29) is 41.2 Å². The Morgan fingerprint density at radius 3 is 2.09 bits per heavy atom. The van der Waals surface area contributed by atoms with E-state index in [0.29, 0.717) is 6.42 Å². The Hall–Kier alpha value is -1.11. The lowest BCUT2D eigenvalue weighted by molar-refractivity contribution is -0.137. The monoisotopic (exact) mass is 342 g/mol. The summed E-state index contributed by atoms with van der Waals surface area (Å²) < 4.78 is 22.9. The number of carbonyl (C=O) groups excluding carboxylic acids is 2. The van der Waals surface area contributed by atoms with E-state index in [9.17, 15) is 18.0 Å². The molecule has 1 unspecified atom stereocenters. The quantitative estimate of drug-likeness (QED) is 0.819. The molecule has 23 heavy (non-hydrogen) atoms. The number of nitrogens with zero attached hydrogens (tertiary/aromatic N) is 1. The Kier molecular flexibility index (Phi) is 4.94. The van der Waals surface area contributed by atoms with Crippen LogP contribution >= 0.6 is 0 Å². The predicted molar refractivity (Wildman–Crippen MR) is 86.5 cm³/mol. The molecule has 1 atom stereocenters. The highest BCUT2D eigenvalue weighted by molar-refractivity contribution is 7.91. The Morgan fingerprint density at radius 2 is 1.52 bits per heavy atom. The molecule has 0 radical (unpaired) electrons. The van der Waals surface area contributed by atoms with Crippen LogP contribution < -0.4 is 5.32 Å². The van der Waals surface area contributed by atoms with Crippen molar-refractivity contribution in [2.75, 3.05) is 24.6 Å². The summed E-state index contributed by atoms with van der Waals surface area (Å²) in [5.74, 6) is 0.490. The minimum Gasteiger partial charge on any atom is -0.352 e. The lowest BCUT2D eigenvalue weighted by atomic mass is 9.81. The van der Waals surface area contributed by atoms with Crippen LogP contribution in [0.25, 0.3) is 0 Å². The normalized spacial score (nSPS) is 33.6. The largest absolute Gasteiger partial charge is 0.352 e. The third-order valence-corrected chi connectivity index (χ3v) is 7.21. The van der Waals surface area contributed by atoms with Gasteiger partial charge >= 0.3 is 0 Å². The fourth-order valence-electron chi connectivity index (χ4n) is 4.03. The Labute approximate surface area is 137 Å². The first-order chi connectivity index (χ1) is 10.9. The van der Waals surface area contributed by atoms with Gasteiger partial charge in [-0.1, -0.05) is 0 Å². The maximum atomic E-state index is 12.4. The van der Waals surface area contributed by atoms with Crippen molar-refractivity contribution in [3.63, 3.8) is 0 Å². The van der Waals surface area contributed by atoms with Crippen LogP contribution in [-0.4, -0.2) is 55.8 Å². The van der Waals surface area contributed by atoms with Crippen molar-refractivity contribution in [3.05, 3.63) is 0 Å². The third-order valence-electron chi connectivity index (χ3n) is 5.44. The number of carbonyl (C=O) groups is 2. The van der Waals surface area contributed by atoms with Crippen molar-refractivity contribution in [1.82, 2.24) is 10.2 Å². The first-order valence-corrected chi connectivity index (χ1v) is 10.6. The average molecular weight is 342 g/mol. The molecule has 2 heterocycles. The van der Waals surface area contributed by atoms with Crippen LogP contribution in [0, 0.1) is 11.8 Å². The molecule has 3 aliphatic rings. The molecule has 6 nitrogen and oxygen atoms in total. The summed E-state index contributed by atoms with van der Waals surface area (Å²) in [6.07, 6.45) is 5.75. The molecule has 0 bridgehead atoms. The van der Waals surface area contributed by atoms with Crippen LogP contribution in [0.15, 0.2) is 0 Å². The number of sulfone groups is 1. The van der Waals surface area contributed by atoms with Crippen LogP contribution in [0.5, 0.6) is 0 Å². The standard InChI is InChI=1S/C16H26N2O4S/c19-15(17-14-7-10-23(21,22)11-14)12-3-5-13(6-4-12)16(20)18-8-1-2-9-18/h12-14H,1-11H2,(H,17,19). The van der Waals surface area contributed by atoms with E-state index >= 15 is 0 Å². The summed E-state index contributed by atoms with van der Waals surface area (Å²) >= 11 is 0. The van der Waals surface area contributed by atoms with Gasteiger partial charge < -0.3 is 10.2 Å². The predicted octanol–water partition coefficient (Wildman–Crippen LogP) is 0.718. The fourth-order valence-corrected chi connectivity index (χ4v) is 5.70. The summed E-state index contributed by atoms with van der Waals surface area (Å²) in [5.41, 5.74) is 0. The van der Waals surface area contributed by atoms with Crippen molar-refractivity contribution in [2.24, 2.45) is 11.8 Å². The number of rotatable bonds is 3. The average Bonchev–Trinajstić information content (AvgIpc) is 3.16. The van der Waals surface area contributed by atoms with Crippen molar-refractivity contribution in [3.8, 4) is 0 Å². The van der Waals surface area contributed by atoms with Gasteiger partial charge in [0, 0.05) is 31.0 Å². The van der Waals surface area contributed by atoms with Gasteiger partial charge in [-0.05, 0) is 44.9 Å². The molecular weight excluding hydrogens is 316 g/mol. The molecule has 3 rings (SSSR count). The molecule has 7 heteroatoms. The second-order valence-corrected chi connectivity index (χ2v) is 9.42. The zero-order chi connectivity index (χ0) is 16.4. The lowest BCUT2D eigenvalue weighted by Crippen LogP contribution is -2.42. The van der Waals surface area contributed by atoms with Crippen LogP contribution in [0.1, 0.15) is 44.9 Å². The van der Waals surface area contributed by atoms with Gasteiger partial charge in [0.2, 0.25) is 11.8 Å². The second-order valence-electron chi connectivity index (χ2n) is 7.19. The number of hydrogen-bond donors (Lipinski definition) is 1. The van der Waals surface area contributed by atoms with Gasteiger partial charge in [-0.25, -0.2) is 8.42 Å². The number of hydrogen-bond acceptors (Lipinski definition) is 4. The highest BCUT2D eigenvalue weighted by Crippen LogP contribution is 2.31. The molecule has 2 saturated heterocycles. The smallest absolute Gasteiger partial charge is 0.225 e. The number of amides is 2. The van der Waals surface area contributed by atoms with Gasteiger partial charge in [-0.3, -0.25) is 9.59 Å². The molecule has 2 amide bonds. The summed E-state index contributed by atoms with van der Waals surface area (Å²) in [7, 11) is -2.97. The van der Waals surface area contributed by atoms with Crippen LogP contribution in [0.4, 0.5) is 0 Å². The van der Waals surface area contributed by atoms with Gasteiger partial charge in [-0.15, -0.1) is 0 Å². The molecule has 130 valence electrons. The molecule has 1 saturated carbocycles. The summed E-state index contributed by atoms with van der Waals surface area (Å²) in [6, 6.07) is -0.226. The topological polar surface area (TPSA) is 83.5 Å². The van der Waals surface area contributed by atoms with Crippen molar-refractivity contribution >= 4 is 21.7 Å². The minimum absolute atomic E-state index is 0.0285. The van der Waals surface area contributed by atoms with Gasteiger partial charge in [0.05, 0.1) is 11.5 Å². The van der Waals surface area contributed by atoms with Crippen molar-refractivity contribution < 1.29 is 18.0 Å². The molecular formula is C16H26N2O4S. The lowest BCUT2D eigenvalue weighted by Gasteiger charge is -2.30. The molecule has 1 aliphatic carbocycles. The maximum absolute atomic E-state index is 12.4. The molecule has 0 spiro atoms. The minimum atomic E-state index is -2.97. The first kappa shape index (κ1) is 16.7. The van der Waals surface area contributed by atoms with E-state index in [4.69, 9.17) is 0 Å². The van der Waals surface area contributed by atoms with E-state index in [0.717, 1.165) is 51.6 Å². The van der Waals surface area contributed by atoms with Crippen LogP contribution in [0.3, 0.4) is 0 Å². The summed E-state index contributed by atoms with van der Waals surface area (Å²) in [6.45, 7) is 1.77. The molecule has 2 aliphatic heterocycles. The molecule has 0 aromatic carbocycles. The highest BCUT2D eigenvalue weighted by Gasteiger charge is 2.35. The summed E-state index contributed by atoms with van der Waals surface area (Å²) in [4.78, 5) is 26.6. The third kappa shape index (κ3) is 4.05. The molecule has 3 fully saturated rings. The van der Waals surface area contributed by atoms with Crippen LogP contribution in [-0.2, 0) is 19.4 Å². The van der Waals surface area contributed by atoms with E-state index in [1.54, 1.807) is 0 Å². The van der Waals surface area contributed by atoms with Crippen molar-refractivity contribution in [1.29, 1.82) is 0 Å². The van der Waals surface area contributed by atoms with E-state index < -0.39 is 9.84 Å². The van der Waals surface area contributed by atoms with Gasteiger partial charge in [-0.2, -0.15) is 0 Å². The SMILES string of the molecule is O=C(NC1CCS(=O)(=O)C1)C1CCC(C(=O)N2CCCC2)CC1. The molecule has 1 N–H and O–H groups in total. The summed E-state index contributed by atoms with van der Waals surface area (Å²) in [5, 5.41) is 2.89. The molecule has 0 aromatic rings. The van der Waals surface area contributed by atoms with Crippen LogP contribution in [0.2, 0.25) is 0 Å². The van der Waals surface area contributed by atoms with Gasteiger partial charge in [0.15, 0.2) is 9.84 Å².